The molecule has 1 amide bonds. The average Bonchev–Trinajstić information content (AvgIpc) is 2.77. The molecule has 1 fully saturated rings. The molecule has 0 saturated carbocycles. The normalized spacial score (nSPS) is 14.5. The zero-order valence-corrected chi connectivity index (χ0v) is 18.4. The summed E-state index contributed by atoms with van der Waals surface area (Å²) in [5.74, 6) is -0.0447. The van der Waals surface area contributed by atoms with Gasteiger partial charge in [-0.25, -0.2) is 17.5 Å². The summed E-state index contributed by atoms with van der Waals surface area (Å²) in [5.41, 5.74) is 0.412. The Balaban J connectivity index is 1.67. The van der Waals surface area contributed by atoms with E-state index >= 15 is 0 Å². The summed E-state index contributed by atoms with van der Waals surface area (Å²) >= 11 is 1.42. The number of halogens is 1. The Labute approximate surface area is 180 Å². The lowest BCUT2D eigenvalue weighted by Gasteiger charge is -2.27. The Bertz CT molecular complexity index is 975. The predicted molar refractivity (Wildman–Crippen MR) is 115 cm³/mol. The first-order valence-corrected chi connectivity index (χ1v) is 12.5. The molecule has 2 aromatic carbocycles. The second-order valence-corrected chi connectivity index (χ2v) is 9.53. The number of ether oxygens (including phenoxy) is 1. The van der Waals surface area contributed by atoms with Crippen molar-refractivity contribution in [3.05, 3.63) is 53.8 Å². The Morgan fingerprint density at radius 2 is 1.83 bits per heavy atom. The van der Waals surface area contributed by atoms with Gasteiger partial charge in [0.1, 0.15) is 18.2 Å². The van der Waals surface area contributed by atoms with Gasteiger partial charge in [0, 0.05) is 24.5 Å². The molecule has 0 radical (unpaired) electrons. The second kappa shape index (κ2) is 10.3. The molecule has 1 aliphatic heterocycles. The molecule has 2 aromatic rings. The highest BCUT2D eigenvalue weighted by Crippen LogP contribution is 2.26. The smallest absolute Gasteiger partial charge is 0.255 e. The van der Waals surface area contributed by atoms with Gasteiger partial charge in [0.15, 0.2) is 0 Å². The molecule has 1 aliphatic rings. The van der Waals surface area contributed by atoms with Crippen LogP contribution in [0.15, 0.2) is 52.3 Å². The van der Waals surface area contributed by atoms with E-state index in [-0.39, 0.29) is 29.8 Å². The fraction of sp³-hybridized carbons (Fsp3) is 0.381. The fourth-order valence-corrected chi connectivity index (χ4v) is 4.86. The van der Waals surface area contributed by atoms with Gasteiger partial charge in [0.25, 0.3) is 5.91 Å². The van der Waals surface area contributed by atoms with Crippen molar-refractivity contribution in [3.63, 3.8) is 0 Å². The number of hydrogen-bond donors (Lipinski definition) is 1. The zero-order valence-electron chi connectivity index (χ0n) is 16.8. The highest BCUT2D eigenvalue weighted by Gasteiger charge is 2.23. The number of carbonyl (C=O) groups excluding carboxylic acids is 1. The molecule has 0 spiro atoms. The summed E-state index contributed by atoms with van der Waals surface area (Å²) in [5, 5.41) is 0. The van der Waals surface area contributed by atoms with Crippen molar-refractivity contribution >= 4 is 27.7 Å². The molecule has 1 N–H and O–H groups in total. The molecule has 0 atom stereocenters. The Kier molecular flexibility index (Phi) is 7.74. The van der Waals surface area contributed by atoms with Crippen molar-refractivity contribution in [2.24, 2.45) is 0 Å². The molecule has 3 rings (SSSR count). The van der Waals surface area contributed by atoms with Gasteiger partial charge < -0.3 is 9.64 Å². The molecule has 30 heavy (non-hydrogen) atoms. The molecule has 1 saturated heterocycles. The number of nitrogens with zero attached hydrogens (tertiary/aromatic N) is 1. The number of rotatable bonds is 8. The minimum atomic E-state index is -3.80. The van der Waals surface area contributed by atoms with Gasteiger partial charge in [0.2, 0.25) is 10.0 Å². The number of likely N-dealkylation sites (tertiary alicyclic amines) is 1. The van der Waals surface area contributed by atoms with Crippen LogP contribution in [0.5, 0.6) is 5.75 Å². The fourth-order valence-electron chi connectivity index (χ4n) is 3.25. The number of sulfonamides is 1. The van der Waals surface area contributed by atoms with E-state index in [1.165, 1.54) is 48.2 Å². The molecule has 0 aliphatic carbocycles. The molecule has 6 nitrogen and oxygen atoms in total. The number of carbonyl (C=O) groups is 1. The lowest BCUT2D eigenvalue weighted by molar-refractivity contribution is 0.0720. The first-order chi connectivity index (χ1) is 14.4. The van der Waals surface area contributed by atoms with E-state index < -0.39 is 10.0 Å². The van der Waals surface area contributed by atoms with Crippen LogP contribution in [0.1, 0.15) is 29.6 Å². The van der Waals surface area contributed by atoms with Crippen molar-refractivity contribution in [1.82, 2.24) is 9.62 Å². The van der Waals surface area contributed by atoms with Crippen LogP contribution in [0, 0.1) is 5.82 Å². The van der Waals surface area contributed by atoms with Crippen LogP contribution in [0.4, 0.5) is 4.39 Å². The van der Waals surface area contributed by atoms with E-state index in [9.17, 15) is 17.6 Å². The van der Waals surface area contributed by atoms with Crippen LogP contribution in [0.3, 0.4) is 0 Å². The summed E-state index contributed by atoms with van der Waals surface area (Å²) in [6.07, 6.45) is 4.90. The Morgan fingerprint density at radius 1 is 1.13 bits per heavy atom. The van der Waals surface area contributed by atoms with Crippen molar-refractivity contribution in [2.45, 2.75) is 29.1 Å². The van der Waals surface area contributed by atoms with Crippen LogP contribution in [-0.2, 0) is 10.0 Å². The van der Waals surface area contributed by atoms with Gasteiger partial charge in [0.05, 0.1) is 10.5 Å². The third kappa shape index (κ3) is 5.74. The minimum Gasteiger partial charge on any atom is -0.492 e. The molecular weight excluding hydrogens is 427 g/mol. The molecule has 0 aromatic heterocycles. The summed E-state index contributed by atoms with van der Waals surface area (Å²) < 4.78 is 46.2. The first kappa shape index (κ1) is 22.6. The van der Waals surface area contributed by atoms with Gasteiger partial charge in [-0.2, -0.15) is 0 Å². The van der Waals surface area contributed by atoms with Gasteiger partial charge >= 0.3 is 0 Å². The molecule has 1 heterocycles. The molecule has 0 unspecified atom stereocenters. The highest BCUT2D eigenvalue weighted by atomic mass is 32.2. The van der Waals surface area contributed by atoms with E-state index in [1.807, 2.05) is 6.26 Å². The molecule has 9 heteroatoms. The van der Waals surface area contributed by atoms with Crippen LogP contribution in [-0.4, -0.2) is 51.7 Å². The lowest BCUT2D eigenvalue weighted by Crippen LogP contribution is -2.36. The van der Waals surface area contributed by atoms with Crippen molar-refractivity contribution in [1.29, 1.82) is 0 Å². The van der Waals surface area contributed by atoms with E-state index in [4.69, 9.17) is 4.74 Å². The maximum atomic E-state index is 13.0. The van der Waals surface area contributed by atoms with Crippen LogP contribution >= 0.6 is 11.8 Å². The van der Waals surface area contributed by atoms with Crippen molar-refractivity contribution in [2.75, 3.05) is 32.5 Å². The second-order valence-electron chi connectivity index (χ2n) is 6.92. The van der Waals surface area contributed by atoms with Crippen LogP contribution < -0.4 is 9.46 Å². The maximum Gasteiger partial charge on any atom is 0.255 e. The monoisotopic (exact) mass is 452 g/mol. The standard InChI is InChI=1S/C21H25FN2O4S2/c1-29-20-10-9-18(15-19(20)21(25)24-12-3-2-4-13-24)30(26,27)23-11-14-28-17-7-5-16(22)6-8-17/h5-10,15,23H,2-4,11-14H2,1H3. The van der Waals surface area contributed by atoms with Crippen molar-refractivity contribution < 1.29 is 22.3 Å². The highest BCUT2D eigenvalue weighted by molar-refractivity contribution is 7.98. The molecular formula is C21H25FN2O4S2. The molecule has 0 bridgehead atoms. The number of amides is 1. The zero-order chi connectivity index (χ0) is 21.6. The summed E-state index contributed by atoms with van der Waals surface area (Å²) in [6, 6.07) is 10.1. The third-order valence-corrected chi connectivity index (χ3v) is 7.09. The predicted octanol–water partition coefficient (Wildman–Crippen LogP) is 3.53. The van der Waals surface area contributed by atoms with Crippen LogP contribution in [0.25, 0.3) is 0 Å². The maximum absolute atomic E-state index is 13.0. The van der Waals surface area contributed by atoms with Gasteiger partial charge in [-0.3, -0.25) is 4.79 Å². The number of hydrogen-bond acceptors (Lipinski definition) is 5. The number of nitrogens with one attached hydrogen (secondary N) is 1. The number of piperidine rings is 1. The van der Waals surface area contributed by atoms with E-state index in [2.05, 4.69) is 4.72 Å². The van der Waals surface area contributed by atoms with E-state index in [1.54, 1.807) is 11.0 Å². The summed E-state index contributed by atoms with van der Waals surface area (Å²) in [6.45, 7) is 1.53. The van der Waals surface area contributed by atoms with Gasteiger partial charge in [-0.05, 0) is 68.0 Å². The minimum absolute atomic E-state index is 0.0411. The lowest BCUT2D eigenvalue weighted by atomic mass is 10.1. The third-order valence-electron chi connectivity index (χ3n) is 4.83. The molecule has 162 valence electrons. The Hall–Kier alpha value is -2.10. The van der Waals surface area contributed by atoms with Gasteiger partial charge in [-0.1, -0.05) is 0 Å². The number of benzene rings is 2. The summed E-state index contributed by atoms with van der Waals surface area (Å²) in [7, 11) is -3.80. The average molecular weight is 453 g/mol. The largest absolute Gasteiger partial charge is 0.492 e. The number of thioether (sulfide) groups is 1. The topological polar surface area (TPSA) is 75.7 Å². The van der Waals surface area contributed by atoms with Crippen molar-refractivity contribution in [3.8, 4) is 5.75 Å². The SMILES string of the molecule is CSc1ccc(S(=O)(=O)NCCOc2ccc(F)cc2)cc1C(=O)N1CCCCC1. The van der Waals surface area contributed by atoms with E-state index in [0.29, 0.717) is 24.4 Å². The summed E-state index contributed by atoms with van der Waals surface area (Å²) in [4.78, 5) is 15.5. The first-order valence-electron chi connectivity index (χ1n) is 9.76. The quantitative estimate of drug-likeness (QED) is 0.490. The van der Waals surface area contributed by atoms with Crippen LogP contribution in [0.2, 0.25) is 0 Å². The Morgan fingerprint density at radius 3 is 2.50 bits per heavy atom. The van der Waals surface area contributed by atoms with Gasteiger partial charge in [-0.15, -0.1) is 11.8 Å². The van der Waals surface area contributed by atoms with E-state index in [0.717, 1.165) is 24.2 Å².